The van der Waals surface area contributed by atoms with Gasteiger partial charge in [0.15, 0.2) is 5.69 Å². The van der Waals surface area contributed by atoms with Gasteiger partial charge in [-0.1, -0.05) is 12.8 Å². The second kappa shape index (κ2) is 4.68. The van der Waals surface area contributed by atoms with Crippen LogP contribution in [0.5, 0.6) is 0 Å². The van der Waals surface area contributed by atoms with Gasteiger partial charge in [-0.3, -0.25) is 9.89 Å². The SMILES string of the molecule is Cc1[nH]nc(C(=O)N2CCCCCC2)c1C. The monoisotopic (exact) mass is 221 g/mol. The fraction of sp³-hybridized carbons (Fsp3) is 0.667. The van der Waals surface area contributed by atoms with Crippen LogP contribution < -0.4 is 0 Å². The van der Waals surface area contributed by atoms with Crippen LogP contribution in [0.4, 0.5) is 0 Å². The zero-order chi connectivity index (χ0) is 11.5. The highest BCUT2D eigenvalue weighted by atomic mass is 16.2. The third-order valence-corrected chi connectivity index (χ3v) is 3.35. The molecular weight excluding hydrogens is 202 g/mol. The van der Waals surface area contributed by atoms with Crippen LogP contribution in [0.25, 0.3) is 0 Å². The van der Waals surface area contributed by atoms with Crippen LogP contribution >= 0.6 is 0 Å². The number of amides is 1. The van der Waals surface area contributed by atoms with Crippen molar-refractivity contribution in [1.82, 2.24) is 15.1 Å². The van der Waals surface area contributed by atoms with Crippen molar-refractivity contribution in [1.29, 1.82) is 0 Å². The third-order valence-electron chi connectivity index (χ3n) is 3.35. The maximum Gasteiger partial charge on any atom is 0.274 e. The Balaban J connectivity index is 2.14. The summed E-state index contributed by atoms with van der Waals surface area (Å²) in [6.07, 6.45) is 4.72. The first-order chi connectivity index (χ1) is 7.70. The second-order valence-corrected chi connectivity index (χ2v) is 4.53. The summed E-state index contributed by atoms with van der Waals surface area (Å²) >= 11 is 0. The molecule has 0 atom stereocenters. The van der Waals surface area contributed by atoms with Crippen molar-refractivity contribution in [2.75, 3.05) is 13.1 Å². The van der Waals surface area contributed by atoms with Gasteiger partial charge in [0.05, 0.1) is 0 Å². The maximum atomic E-state index is 12.2. The molecule has 1 aliphatic heterocycles. The minimum absolute atomic E-state index is 0.0868. The summed E-state index contributed by atoms with van der Waals surface area (Å²) in [5.41, 5.74) is 2.56. The number of likely N-dealkylation sites (tertiary alicyclic amines) is 1. The first-order valence-electron chi connectivity index (χ1n) is 6.01. The normalized spacial score (nSPS) is 17.2. The fourth-order valence-electron chi connectivity index (χ4n) is 2.12. The molecule has 0 bridgehead atoms. The van der Waals surface area contributed by atoms with Gasteiger partial charge in [0.25, 0.3) is 5.91 Å². The molecule has 0 radical (unpaired) electrons. The predicted molar refractivity (Wildman–Crippen MR) is 62.4 cm³/mol. The van der Waals surface area contributed by atoms with Crippen molar-refractivity contribution in [3.05, 3.63) is 17.0 Å². The topological polar surface area (TPSA) is 49.0 Å². The Morgan fingerprint density at radius 3 is 2.31 bits per heavy atom. The van der Waals surface area contributed by atoms with E-state index in [4.69, 9.17) is 0 Å². The van der Waals surface area contributed by atoms with E-state index < -0.39 is 0 Å². The number of aryl methyl sites for hydroxylation is 1. The van der Waals surface area contributed by atoms with Crippen LogP contribution in [0.15, 0.2) is 0 Å². The molecule has 1 aromatic heterocycles. The predicted octanol–water partition coefficient (Wildman–Crippen LogP) is 2.04. The lowest BCUT2D eigenvalue weighted by Gasteiger charge is -2.19. The van der Waals surface area contributed by atoms with E-state index in [-0.39, 0.29) is 5.91 Å². The molecule has 1 fully saturated rings. The number of carbonyl (C=O) groups excluding carboxylic acids is 1. The summed E-state index contributed by atoms with van der Waals surface area (Å²) in [7, 11) is 0. The molecule has 1 aliphatic rings. The standard InChI is InChI=1S/C12H19N3O/c1-9-10(2)13-14-11(9)12(16)15-7-5-3-4-6-8-15/h3-8H2,1-2H3,(H,13,14). The Labute approximate surface area is 96.0 Å². The Bertz CT molecular complexity index is 376. The molecule has 1 amide bonds. The van der Waals surface area contributed by atoms with Gasteiger partial charge >= 0.3 is 0 Å². The lowest BCUT2D eigenvalue weighted by atomic mass is 10.2. The molecule has 4 heteroatoms. The second-order valence-electron chi connectivity index (χ2n) is 4.53. The Kier molecular flexibility index (Phi) is 3.27. The first kappa shape index (κ1) is 11.2. The number of aromatic nitrogens is 2. The Morgan fingerprint density at radius 1 is 1.19 bits per heavy atom. The minimum atomic E-state index is 0.0868. The highest BCUT2D eigenvalue weighted by Gasteiger charge is 2.21. The average molecular weight is 221 g/mol. The van der Waals surface area contributed by atoms with Crippen molar-refractivity contribution in [2.24, 2.45) is 0 Å². The molecule has 1 N–H and O–H groups in total. The van der Waals surface area contributed by atoms with E-state index in [2.05, 4.69) is 10.2 Å². The van der Waals surface area contributed by atoms with Crippen molar-refractivity contribution in [3.8, 4) is 0 Å². The minimum Gasteiger partial charge on any atom is -0.337 e. The van der Waals surface area contributed by atoms with Gasteiger partial charge < -0.3 is 4.90 Å². The van der Waals surface area contributed by atoms with E-state index in [1.807, 2.05) is 18.7 Å². The summed E-state index contributed by atoms with van der Waals surface area (Å²) in [6.45, 7) is 5.65. The number of carbonyl (C=O) groups is 1. The summed E-state index contributed by atoms with van der Waals surface area (Å²) in [6, 6.07) is 0. The zero-order valence-corrected chi connectivity index (χ0v) is 10.0. The largest absolute Gasteiger partial charge is 0.337 e. The molecule has 16 heavy (non-hydrogen) atoms. The van der Waals surface area contributed by atoms with Gasteiger partial charge in [-0.05, 0) is 26.7 Å². The number of nitrogens with zero attached hydrogens (tertiary/aromatic N) is 2. The molecule has 88 valence electrons. The molecule has 4 nitrogen and oxygen atoms in total. The van der Waals surface area contributed by atoms with Crippen LogP contribution in [0, 0.1) is 13.8 Å². The summed E-state index contributed by atoms with van der Waals surface area (Å²) in [5.74, 6) is 0.0868. The number of rotatable bonds is 1. The number of aromatic amines is 1. The molecule has 2 rings (SSSR count). The van der Waals surface area contributed by atoms with Crippen molar-refractivity contribution >= 4 is 5.91 Å². The van der Waals surface area contributed by atoms with Gasteiger partial charge in [0.1, 0.15) is 0 Å². The van der Waals surface area contributed by atoms with Crippen LogP contribution in [-0.4, -0.2) is 34.1 Å². The van der Waals surface area contributed by atoms with Gasteiger partial charge in [-0.15, -0.1) is 0 Å². The summed E-state index contributed by atoms with van der Waals surface area (Å²) in [4.78, 5) is 14.2. The number of hydrogen-bond acceptors (Lipinski definition) is 2. The van der Waals surface area contributed by atoms with E-state index in [9.17, 15) is 4.79 Å². The molecular formula is C12H19N3O. The Morgan fingerprint density at radius 2 is 1.81 bits per heavy atom. The molecule has 0 aliphatic carbocycles. The van der Waals surface area contributed by atoms with Crippen LogP contribution in [0.3, 0.4) is 0 Å². The molecule has 0 spiro atoms. The lowest BCUT2D eigenvalue weighted by molar-refractivity contribution is 0.0755. The molecule has 0 unspecified atom stereocenters. The van der Waals surface area contributed by atoms with Gasteiger partial charge in [0, 0.05) is 24.3 Å². The van der Waals surface area contributed by atoms with Crippen molar-refractivity contribution < 1.29 is 4.79 Å². The summed E-state index contributed by atoms with van der Waals surface area (Å²) in [5, 5.41) is 6.98. The van der Waals surface area contributed by atoms with Crippen LogP contribution in [0.2, 0.25) is 0 Å². The molecule has 1 saturated heterocycles. The molecule has 1 aromatic rings. The first-order valence-corrected chi connectivity index (χ1v) is 6.01. The van der Waals surface area contributed by atoms with Crippen LogP contribution in [0.1, 0.15) is 47.4 Å². The van der Waals surface area contributed by atoms with Crippen molar-refractivity contribution in [3.63, 3.8) is 0 Å². The van der Waals surface area contributed by atoms with Crippen LogP contribution in [-0.2, 0) is 0 Å². The highest BCUT2D eigenvalue weighted by Crippen LogP contribution is 2.15. The third kappa shape index (κ3) is 2.10. The smallest absolute Gasteiger partial charge is 0.274 e. The molecule has 0 saturated carbocycles. The average Bonchev–Trinajstić information content (AvgIpc) is 2.53. The van der Waals surface area contributed by atoms with E-state index >= 15 is 0 Å². The van der Waals surface area contributed by atoms with Gasteiger partial charge in [0.2, 0.25) is 0 Å². The van der Waals surface area contributed by atoms with Gasteiger partial charge in [-0.25, -0.2) is 0 Å². The fourth-order valence-corrected chi connectivity index (χ4v) is 2.12. The number of hydrogen-bond donors (Lipinski definition) is 1. The van der Waals surface area contributed by atoms with E-state index in [1.165, 1.54) is 12.8 Å². The van der Waals surface area contributed by atoms with Crippen molar-refractivity contribution in [2.45, 2.75) is 39.5 Å². The molecule has 0 aromatic carbocycles. The lowest BCUT2D eigenvalue weighted by Crippen LogP contribution is -2.32. The van der Waals surface area contributed by atoms with E-state index in [0.717, 1.165) is 37.2 Å². The highest BCUT2D eigenvalue weighted by molar-refractivity contribution is 5.93. The quantitative estimate of drug-likeness (QED) is 0.789. The number of nitrogens with one attached hydrogen (secondary N) is 1. The maximum absolute atomic E-state index is 12.2. The summed E-state index contributed by atoms with van der Waals surface area (Å²) < 4.78 is 0. The van der Waals surface area contributed by atoms with Gasteiger partial charge in [-0.2, -0.15) is 5.10 Å². The van der Waals surface area contributed by atoms with E-state index in [0.29, 0.717) is 5.69 Å². The molecule has 2 heterocycles. The number of H-pyrrole nitrogens is 1. The Hall–Kier alpha value is -1.32. The zero-order valence-electron chi connectivity index (χ0n) is 10.0. The van der Waals surface area contributed by atoms with E-state index in [1.54, 1.807) is 0 Å².